The van der Waals surface area contributed by atoms with Crippen LogP contribution in [-0.2, 0) is 6.42 Å². The van der Waals surface area contributed by atoms with Gasteiger partial charge in [-0.15, -0.1) is 0 Å². The molecule has 0 aromatic heterocycles. The highest BCUT2D eigenvalue weighted by atomic mass is 16.4. The highest BCUT2D eigenvalue weighted by molar-refractivity contribution is 5.95. The number of benzene rings is 2. The fourth-order valence-electron chi connectivity index (χ4n) is 3.71. The fraction of sp³-hybridized carbons (Fsp3) is 0.214. The van der Waals surface area contributed by atoms with Crippen molar-refractivity contribution >= 4 is 23.3 Å². The molecule has 0 saturated heterocycles. The molecule has 2 aromatic rings. The number of hydrogen-bond donors (Lipinski definition) is 2. The average molecular weight is 427 g/mol. The quantitative estimate of drug-likeness (QED) is 0.509. The predicted octanol–water partition coefficient (Wildman–Crippen LogP) is 6.83. The molecule has 3 rings (SSSR count). The molecule has 2 N–H and O–H groups in total. The molecule has 0 radical (unpaired) electrons. The largest absolute Gasteiger partial charge is 0.478 e. The van der Waals surface area contributed by atoms with Crippen LogP contribution in [0.2, 0.25) is 0 Å². The van der Waals surface area contributed by atoms with Crippen LogP contribution in [0.25, 0.3) is 17.3 Å². The van der Waals surface area contributed by atoms with E-state index in [2.05, 4.69) is 43.6 Å². The predicted molar refractivity (Wildman–Crippen MR) is 133 cm³/mol. The molecular weight excluding hydrogens is 396 g/mol. The van der Waals surface area contributed by atoms with Gasteiger partial charge in [-0.05, 0) is 36.1 Å². The Bertz CT molecular complexity index is 1140. The van der Waals surface area contributed by atoms with Gasteiger partial charge in [-0.3, -0.25) is 0 Å². The Hall–Kier alpha value is -3.84. The van der Waals surface area contributed by atoms with Crippen molar-refractivity contribution in [3.8, 4) is 6.07 Å². The Labute approximate surface area is 190 Å². The number of carboxylic acid groups (broad SMARTS) is 1. The lowest BCUT2D eigenvalue weighted by atomic mass is 9.97. The van der Waals surface area contributed by atoms with Gasteiger partial charge in [0.05, 0.1) is 11.1 Å². The number of hydrogen-bond acceptors (Lipinski definition) is 3. The van der Waals surface area contributed by atoms with Gasteiger partial charge in [-0.25, -0.2) is 4.79 Å². The van der Waals surface area contributed by atoms with Crippen LogP contribution in [0.3, 0.4) is 0 Å². The maximum Gasteiger partial charge on any atom is 0.336 e. The minimum absolute atomic E-state index is 0.141. The highest BCUT2D eigenvalue weighted by Gasteiger charge is 2.24. The molecule has 2 aromatic carbocycles. The number of nitrogens with one attached hydrogen (secondary N) is 1. The SMILES string of the molecule is C=Cc1ccc(C(=C)NC2=C(C#N)C(c3ccc(CC)cc3)=C(C)C2)c(C(=O)O)c1.CC. The van der Waals surface area contributed by atoms with E-state index in [0.29, 0.717) is 23.3 Å². The molecule has 164 valence electrons. The van der Waals surface area contributed by atoms with E-state index in [1.165, 1.54) is 5.56 Å². The zero-order chi connectivity index (χ0) is 23.8. The summed E-state index contributed by atoms with van der Waals surface area (Å²) >= 11 is 0. The molecule has 0 spiro atoms. The molecule has 0 amide bonds. The molecule has 0 atom stereocenters. The van der Waals surface area contributed by atoms with Crippen molar-refractivity contribution in [1.29, 1.82) is 5.26 Å². The lowest BCUT2D eigenvalue weighted by Crippen LogP contribution is -2.14. The van der Waals surface area contributed by atoms with Crippen molar-refractivity contribution in [2.75, 3.05) is 0 Å². The van der Waals surface area contributed by atoms with Crippen molar-refractivity contribution in [2.45, 2.75) is 40.5 Å². The highest BCUT2D eigenvalue weighted by Crippen LogP contribution is 2.38. The molecule has 1 aliphatic rings. The summed E-state index contributed by atoms with van der Waals surface area (Å²) in [5.74, 6) is -1.04. The summed E-state index contributed by atoms with van der Waals surface area (Å²) in [5.41, 5.74) is 7.36. The van der Waals surface area contributed by atoms with Crippen molar-refractivity contribution in [3.63, 3.8) is 0 Å². The number of aromatic carboxylic acids is 1. The molecular formula is C28H30N2O2. The smallest absolute Gasteiger partial charge is 0.336 e. The zero-order valence-corrected chi connectivity index (χ0v) is 19.2. The number of nitriles is 1. The molecule has 0 bridgehead atoms. The molecule has 0 fully saturated rings. The third-order valence-corrected chi connectivity index (χ3v) is 5.32. The molecule has 4 heteroatoms. The number of carboxylic acids is 1. The first-order valence-corrected chi connectivity index (χ1v) is 10.8. The molecule has 0 unspecified atom stereocenters. The second-order valence-corrected chi connectivity index (χ2v) is 7.27. The summed E-state index contributed by atoms with van der Waals surface area (Å²) in [6.07, 6.45) is 3.14. The summed E-state index contributed by atoms with van der Waals surface area (Å²) in [7, 11) is 0. The van der Waals surface area contributed by atoms with Gasteiger partial charge in [-0.1, -0.05) is 82.0 Å². The molecule has 1 aliphatic carbocycles. The van der Waals surface area contributed by atoms with Gasteiger partial charge in [0.15, 0.2) is 0 Å². The van der Waals surface area contributed by atoms with Gasteiger partial charge in [0, 0.05) is 29.0 Å². The first-order valence-electron chi connectivity index (χ1n) is 10.8. The lowest BCUT2D eigenvalue weighted by molar-refractivity contribution is 0.0696. The number of aryl methyl sites for hydroxylation is 1. The van der Waals surface area contributed by atoms with Gasteiger partial charge in [-0.2, -0.15) is 5.26 Å². The second-order valence-electron chi connectivity index (χ2n) is 7.27. The Balaban J connectivity index is 0.00000176. The first-order chi connectivity index (χ1) is 15.4. The van der Waals surface area contributed by atoms with E-state index < -0.39 is 5.97 Å². The molecule has 4 nitrogen and oxygen atoms in total. The van der Waals surface area contributed by atoms with Gasteiger partial charge < -0.3 is 10.4 Å². The van der Waals surface area contributed by atoms with Crippen LogP contribution in [0.1, 0.15) is 66.7 Å². The van der Waals surface area contributed by atoms with Crippen LogP contribution >= 0.6 is 0 Å². The van der Waals surface area contributed by atoms with Crippen LogP contribution in [0, 0.1) is 11.3 Å². The Morgan fingerprint density at radius 3 is 2.38 bits per heavy atom. The van der Waals surface area contributed by atoms with Gasteiger partial charge in [0.1, 0.15) is 6.07 Å². The van der Waals surface area contributed by atoms with Crippen molar-refractivity contribution in [1.82, 2.24) is 5.32 Å². The minimum atomic E-state index is -1.04. The van der Waals surface area contributed by atoms with E-state index in [1.807, 2.05) is 32.9 Å². The molecule has 0 saturated carbocycles. The first kappa shape index (κ1) is 24.4. The topological polar surface area (TPSA) is 73.1 Å². The van der Waals surface area contributed by atoms with Gasteiger partial charge >= 0.3 is 5.97 Å². The van der Waals surface area contributed by atoms with E-state index in [9.17, 15) is 15.2 Å². The van der Waals surface area contributed by atoms with Crippen molar-refractivity contribution in [2.24, 2.45) is 0 Å². The third kappa shape index (κ3) is 5.07. The van der Waals surface area contributed by atoms with Gasteiger partial charge in [0.25, 0.3) is 0 Å². The van der Waals surface area contributed by atoms with E-state index in [4.69, 9.17) is 0 Å². The summed E-state index contributed by atoms with van der Waals surface area (Å²) in [5, 5.41) is 22.7. The van der Waals surface area contributed by atoms with Crippen LogP contribution in [-0.4, -0.2) is 11.1 Å². The fourth-order valence-corrected chi connectivity index (χ4v) is 3.71. The summed E-state index contributed by atoms with van der Waals surface area (Å²) in [4.78, 5) is 11.7. The second kappa shape index (κ2) is 11.0. The van der Waals surface area contributed by atoms with E-state index in [-0.39, 0.29) is 5.56 Å². The normalized spacial score (nSPS) is 12.6. The summed E-state index contributed by atoms with van der Waals surface area (Å²) in [6, 6.07) is 15.6. The van der Waals surface area contributed by atoms with Gasteiger partial charge in [0.2, 0.25) is 0 Å². The number of allylic oxidation sites excluding steroid dienone is 3. The van der Waals surface area contributed by atoms with E-state index >= 15 is 0 Å². The number of carbonyl (C=O) groups is 1. The van der Waals surface area contributed by atoms with Crippen molar-refractivity contribution < 1.29 is 9.90 Å². The third-order valence-electron chi connectivity index (χ3n) is 5.32. The Morgan fingerprint density at radius 1 is 1.19 bits per heavy atom. The Morgan fingerprint density at radius 2 is 1.84 bits per heavy atom. The average Bonchev–Trinajstić information content (AvgIpc) is 3.14. The maximum absolute atomic E-state index is 11.7. The van der Waals surface area contributed by atoms with Crippen LogP contribution < -0.4 is 5.32 Å². The molecule has 0 aliphatic heterocycles. The molecule has 0 heterocycles. The Kier molecular flexibility index (Phi) is 8.38. The summed E-state index contributed by atoms with van der Waals surface area (Å²) < 4.78 is 0. The number of rotatable bonds is 7. The van der Waals surface area contributed by atoms with Crippen molar-refractivity contribution in [3.05, 3.63) is 100 Å². The summed E-state index contributed by atoms with van der Waals surface area (Å²) in [6.45, 7) is 15.8. The zero-order valence-electron chi connectivity index (χ0n) is 19.2. The van der Waals surface area contributed by atoms with Crippen LogP contribution in [0.4, 0.5) is 0 Å². The molecule has 32 heavy (non-hydrogen) atoms. The maximum atomic E-state index is 11.7. The van der Waals surface area contributed by atoms with E-state index in [0.717, 1.165) is 34.4 Å². The van der Waals surface area contributed by atoms with Crippen LogP contribution in [0.15, 0.2) is 72.5 Å². The van der Waals surface area contributed by atoms with Crippen LogP contribution in [0.5, 0.6) is 0 Å². The van der Waals surface area contributed by atoms with E-state index in [1.54, 1.807) is 24.3 Å². The monoisotopic (exact) mass is 426 g/mol. The standard InChI is InChI=1S/C26H24N2O2.C2H6/c1-5-18-7-10-20(11-8-18)25-16(3)13-24(23(25)15-27)28-17(4)21-12-9-19(6-2)14-22(21)26(29)30;1-2/h6-12,14,28H,2,4-5,13H2,1,3H3,(H,29,30);1-2H3. The number of nitrogens with zero attached hydrogens (tertiary/aromatic N) is 1. The minimum Gasteiger partial charge on any atom is -0.478 e. The lowest BCUT2D eigenvalue weighted by Gasteiger charge is -2.14.